The normalized spacial score (nSPS) is 10.7. The molecule has 0 aliphatic rings. The second kappa shape index (κ2) is 4.53. The molecule has 18 heavy (non-hydrogen) atoms. The maximum Gasteiger partial charge on any atom is 0.129 e. The third kappa shape index (κ3) is 1.82. The molecule has 0 unspecified atom stereocenters. The molecule has 1 aromatic heterocycles. The number of anilines is 1. The maximum absolute atomic E-state index is 6.33. The molecule has 2 rings (SSSR count). The predicted octanol–water partition coefficient (Wildman–Crippen LogP) is 2.95. The highest BCUT2D eigenvalue weighted by Crippen LogP contribution is 2.40. The van der Waals surface area contributed by atoms with Gasteiger partial charge in [-0.1, -0.05) is 11.6 Å². The lowest BCUT2D eigenvalue weighted by molar-refractivity contribution is 0.409. The van der Waals surface area contributed by atoms with E-state index in [4.69, 9.17) is 22.1 Å². The number of methoxy groups -OCH3 is 1. The third-order valence-corrected chi connectivity index (χ3v) is 3.41. The van der Waals surface area contributed by atoms with Gasteiger partial charge >= 0.3 is 0 Å². The van der Waals surface area contributed by atoms with Crippen molar-refractivity contribution in [2.45, 2.75) is 13.8 Å². The standard InChI is InChI=1S/C13H16ClN3O/c1-7-5-10(14)11(8(2)12(7)18-4)9-6-16-17(3)13(9)15/h5-6H,15H2,1-4H3. The first-order valence-corrected chi connectivity index (χ1v) is 5.96. The number of rotatable bonds is 2. The minimum Gasteiger partial charge on any atom is -0.496 e. The molecular weight excluding hydrogens is 250 g/mol. The van der Waals surface area contributed by atoms with Gasteiger partial charge < -0.3 is 10.5 Å². The second-order valence-corrected chi connectivity index (χ2v) is 4.68. The Morgan fingerprint density at radius 2 is 2.06 bits per heavy atom. The van der Waals surface area contributed by atoms with E-state index in [9.17, 15) is 0 Å². The minimum atomic E-state index is 0.589. The molecule has 0 saturated carbocycles. The van der Waals surface area contributed by atoms with Crippen LogP contribution in [-0.4, -0.2) is 16.9 Å². The first-order chi connectivity index (χ1) is 8.47. The number of hydrogen-bond acceptors (Lipinski definition) is 3. The Balaban J connectivity index is 2.75. The van der Waals surface area contributed by atoms with E-state index in [2.05, 4.69) is 5.10 Å². The summed E-state index contributed by atoms with van der Waals surface area (Å²) in [5.74, 6) is 1.42. The average molecular weight is 266 g/mol. The monoisotopic (exact) mass is 265 g/mol. The van der Waals surface area contributed by atoms with Gasteiger partial charge in [0.2, 0.25) is 0 Å². The number of halogens is 1. The quantitative estimate of drug-likeness (QED) is 0.908. The maximum atomic E-state index is 6.33. The molecule has 96 valence electrons. The minimum absolute atomic E-state index is 0.589. The van der Waals surface area contributed by atoms with Crippen LogP contribution in [0.5, 0.6) is 5.75 Å². The third-order valence-electron chi connectivity index (χ3n) is 3.11. The summed E-state index contributed by atoms with van der Waals surface area (Å²) in [7, 11) is 3.45. The number of aromatic nitrogens is 2. The zero-order valence-electron chi connectivity index (χ0n) is 10.9. The molecule has 0 amide bonds. The highest BCUT2D eigenvalue weighted by atomic mass is 35.5. The Labute approximate surface area is 111 Å². The number of nitrogens with two attached hydrogens (primary N) is 1. The molecule has 2 N–H and O–H groups in total. The number of hydrogen-bond donors (Lipinski definition) is 1. The van der Waals surface area contributed by atoms with Crippen molar-refractivity contribution < 1.29 is 4.74 Å². The van der Waals surface area contributed by atoms with Gasteiger partial charge in [-0.3, -0.25) is 4.68 Å². The van der Waals surface area contributed by atoms with E-state index in [0.29, 0.717) is 10.8 Å². The number of nitrogen functional groups attached to an aromatic ring is 1. The number of benzene rings is 1. The fraction of sp³-hybridized carbons (Fsp3) is 0.308. The summed E-state index contributed by atoms with van der Waals surface area (Å²) in [6.45, 7) is 3.94. The zero-order chi connectivity index (χ0) is 13.4. The van der Waals surface area contributed by atoms with Crippen LogP contribution in [0.25, 0.3) is 11.1 Å². The molecule has 1 heterocycles. The van der Waals surface area contributed by atoms with Crippen LogP contribution in [0.4, 0.5) is 5.82 Å². The van der Waals surface area contributed by atoms with Gasteiger partial charge in [0.15, 0.2) is 0 Å². The van der Waals surface area contributed by atoms with E-state index in [-0.39, 0.29) is 0 Å². The molecule has 0 fully saturated rings. The van der Waals surface area contributed by atoms with Crippen LogP contribution in [0, 0.1) is 13.8 Å². The molecule has 5 heteroatoms. The van der Waals surface area contributed by atoms with Crippen molar-refractivity contribution in [3.63, 3.8) is 0 Å². The summed E-state index contributed by atoms with van der Waals surface area (Å²) in [6, 6.07) is 1.88. The molecular formula is C13H16ClN3O. The van der Waals surface area contributed by atoms with Crippen LogP contribution >= 0.6 is 11.6 Å². The number of nitrogens with zero attached hydrogens (tertiary/aromatic N) is 2. The summed E-state index contributed by atoms with van der Waals surface area (Å²) in [4.78, 5) is 0. The molecule has 0 aliphatic heterocycles. The topological polar surface area (TPSA) is 53.1 Å². The van der Waals surface area contributed by atoms with Gasteiger partial charge in [-0.15, -0.1) is 0 Å². The molecule has 0 radical (unpaired) electrons. The van der Waals surface area contributed by atoms with Crippen LogP contribution in [0.3, 0.4) is 0 Å². The lowest BCUT2D eigenvalue weighted by atomic mass is 9.99. The van der Waals surface area contributed by atoms with Gasteiger partial charge in [0.05, 0.1) is 13.3 Å². The van der Waals surface area contributed by atoms with E-state index in [1.807, 2.05) is 19.9 Å². The second-order valence-electron chi connectivity index (χ2n) is 4.28. The molecule has 1 aromatic carbocycles. The molecule has 4 nitrogen and oxygen atoms in total. The van der Waals surface area contributed by atoms with Crippen molar-refractivity contribution in [3.8, 4) is 16.9 Å². The van der Waals surface area contributed by atoms with Crippen molar-refractivity contribution >= 4 is 17.4 Å². The van der Waals surface area contributed by atoms with Crippen LogP contribution in [0.15, 0.2) is 12.3 Å². The summed E-state index contributed by atoms with van der Waals surface area (Å²) in [5, 5.41) is 4.80. The average Bonchev–Trinajstić information content (AvgIpc) is 2.61. The van der Waals surface area contributed by atoms with Gasteiger partial charge in [0, 0.05) is 28.8 Å². The Morgan fingerprint density at radius 1 is 1.39 bits per heavy atom. The molecule has 2 aromatic rings. The molecule has 0 bridgehead atoms. The zero-order valence-corrected chi connectivity index (χ0v) is 11.7. The van der Waals surface area contributed by atoms with Gasteiger partial charge in [-0.05, 0) is 25.5 Å². The lowest BCUT2D eigenvalue weighted by Crippen LogP contribution is -2.00. The Hall–Kier alpha value is -1.68. The van der Waals surface area contributed by atoms with Crippen molar-refractivity contribution in [3.05, 3.63) is 28.4 Å². The van der Waals surface area contributed by atoms with E-state index in [0.717, 1.165) is 28.0 Å². The van der Waals surface area contributed by atoms with Gasteiger partial charge in [0.1, 0.15) is 11.6 Å². The van der Waals surface area contributed by atoms with E-state index in [1.54, 1.807) is 25.0 Å². The van der Waals surface area contributed by atoms with Crippen LogP contribution in [0.1, 0.15) is 11.1 Å². The van der Waals surface area contributed by atoms with Crippen LogP contribution in [0.2, 0.25) is 5.02 Å². The smallest absolute Gasteiger partial charge is 0.129 e. The highest BCUT2D eigenvalue weighted by molar-refractivity contribution is 6.33. The molecule has 0 saturated heterocycles. The largest absolute Gasteiger partial charge is 0.496 e. The van der Waals surface area contributed by atoms with Crippen molar-refractivity contribution in [1.29, 1.82) is 0 Å². The molecule has 0 atom stereocenters. The Morgan fingerprint density at radius 3 is 2.56 bits per heavy atom. The van der Waals surface area contributed by atoms with E-state index in [1.165, 1.54) is 0 Å². The SMILES string of the molecule is COc1c(C)cc(Cl)c(-c2cnn(C)c2N)c1C. The van der Waals surface area contributed by atoms with Gasteiger partial charge in [0.25, 0.3) is 0 Å². The first kappa shape index (κ1) is 12.8. The lowest BCUT2D eigenvalue weighted by Gasteiger charge is -2.14. The van der Waals surface area contributed by atoms with Crippen LogP contribution in [-0.2, 0) is 7.05 Å². The summed E-state index contributed by atoms with van der Waals surface area (Å²) in [5.41, 5.74) is 9.69. The van der Waals surface area contributed by atoms with Crippen molar-refractivity contribution in [1.82, 2.24) is 9.78 Å². The van der Waals surface area contributed by atoms with Gasteiger partial charge in [-0.25, -0.2) is 0 Å². The van der Waals surface area contributed by atoms with E-state index < -0.39 is 0 Å². The van der Waals surface area contributed by atoms with Gasteiger partial charge in [-0.2, -0.15) is 5.10 Å². The number of ether oxygens (including phenoxy) is 1. The molecule has 0 aliphatic carbocycles. The Kier molecular flexibility index (Phi) is 3.22. The van der Waals surface area contributed by atoms with E-state index >= 15 is 0 Å². The summed E-state index contributed by atoms with van der Waals surface area (Å²) >= 11 is 6.33. The fourth-order valence-electron chi connectivity index (χ4n) is 2.20. The van der Waals surface area contributed by atoms with Crippen molar-refractivity contribution in [2.24, 2.45) is 7.05 Å². The first-order valence-electron chi connectivity index (χ1n) is 5.59. The Bertz CT molecular complexity index is 605. The summed E-state index contributed by atoms with van der Waals surface area (Å²) < 4.78 is 7.04. The van der Waals surface area contributed by atoms with Crippen molar-refractivity contribution in [2.75, 3.05) is 12.8 Å². The van der Waals surface area contributed by atoms with Crippen LogP contribution < -0.4 is 10.5 Å². The number of aryl methyl sites for hydroxylation is 2. The highest BCUT2D eigenvalue weighted by Gasteiger charge is 2.18. The molecule has 0 spiro atoms. The fourth-order valence-corrected chi connectivity index (χ4v) is 2.61. The summed E-state index contributed by atoms with van der Waals surface area (Å²) in [6.07, 6.45) is 1.72. The predicted molar refractivity (Wildman–Crippen MR) is 74.1 cm³/mol.